The highest BCUT2D eigenvalue weighted by Gasteiger charge is 2.16. The van der Waals surface area contributed by atoms with Crippen molar-refractivity contribution in [3.05, 3.63) is 54.0 Å². The van der Waals surface area contributed by atoms with Gasteiger partial charge in [0.25, 0.3) is 0 Å². The number of H-pyrrole nitrogens is 1. The van der Waals surface area contributed by atoms with Gasteiger partial charge in [0.2, 0.25) is 10.0 Å². The van der Waals surface area contributed by atoms with Gasteiger partial charge in [0.1, 0.15) is 5.82 Å². The Morgan fingerprint density at radius 3 is 2.65 bits per heavy atom. The van der Waals surface area contributed by atoms with Gasteiger partial charge in [-0.1, -0.05) is 6.07 Å². The van der Waals surface area contributed by atoms with E-state index in [2.05, 4.69) is 4.98 Å². The van der Waals surface area contributed by atoms with Gasteiger partial charge in [0.15, 0.2) is 0 Å². The molecule has 0 unspecified atom stereocenters. The molecule has 7 heteroatoms. The Morgan fingerprint density at radius 2 is 1.96 bits per heavy atom. The summed E-state index contributed by atoms with van der Waals surface area (Å²) in [4.78, 5) is 2.99. The second-order valence-electron chi connectivity index (χ2n) is 5.23. The summed E-state index contributed by atoms with van der Waals surface area (Å²) < 4.78 is 36.5. The number of halogens is 1. The molecule has 0 saturated heterocycles. The van der Waals surface area contributed by atoms with Gasteiger partial charge in [-0.3, -0.25) is 0 Å². The molecule has 0 atom stereocenters. The first kappa shape index (κ1) is 15.7. The highest BCUT2D eigenvalue weighted by atomic mass is 32.2. The van der Waals surface area contributed by atoms with Crippen LogP contribution in [0.25, 0.3) is 22.0 Å². The molecule has 0 amide bonds. The third kappa shape index (κ3) is 2.98. The van der Waals surface area contributed by atoms with Crippen LogP contribution in [-0.2, 0) is 16.4 Å². The van der Waals surface area contributed by atoms with E-state index in [1.807, 2.05) is 0 Å². The predicted molar refractivity (Wildman–Crippen MR) is 85.9 cm³/mol. The van der Waals surface area contributed by atoms with Crippen LogP contribution in [0.3, 0.4) is 0 Å². The van der Waals surface area contributed by atoms with Crippen LogP contribution in [0.1, 0.15) is 5.56 Å². The maximum absolute atomic E-state index is 13.3. The number of sulfonamides is 1. The van der Waals surface area contributed by atoms with Crippen LogP contribution >= 0.6 is 0 Å². The van der Waals surface area contributed by atoms with Crippen molar-refractivity contribution < 1.29 is 17.9 Å². The van der Waals surface area contributed by atoms with E-state index in [4.69, 9.17) is 10.2 Å². The van der Waals surface area contributed by atoms with Gasteiger partial charge in [-0.2, -0.15) is 0 Å². The first-order valence-electron chi connectivity index (χ1n) is 6.94. The van der Waals surface area contributed by atoms with Gasteiger partial charge in [-0.25, -0.2) is 17.9 Å². The minimum absolute atomic E-state index is 0.00110. The maximum Gasteiger partial charge on any atom is 0.238 e. The van der Waals surface area contributed by atoms with Crippen molar-refractivity contribution in [2.24, 2.45) is 5.14 Å². The summed E-state index contributed by atoms with van der Waals surface area (Å²) in [5.41, 5.74) is 2.68. The van der Waals surface area contributed by atoms with Crippen molar-refractivity contribution in [1.82, 2.24) is 4.98 Å². The molecule has 0 spiro atoms. The van der Waals surface area contributed by atoms with Crippen LogP contribution in [0.2, 0.25) is 0 Å². The van der Waals surface area contributed by atoms with E-state index in [-0.39, 0.29) is 23.7 Å². The van der Waals surface area contributed by atoms with E-state index >= 15 is 0 Å². The first-order valence-corrected chi connectivity index (χ1v) is 8.48. The summed E-state index contributed by atoms with van der Waals surface area (Å²) >= 11 is 0. The first-order chi connectivity index (χ1) is 10.9. The number of nitrogens with two attached hydrogens (primary N) is 1. The Kier molecular flexibility index (Phi) is 3.93. The molecule has 0 radical (unpaired) electrons. The van der Waals surface area contributed by atoms with Crippen LogP contribution in [0, 0.1) is 5.82 Å². The molecule has 0 aliphatic carbocycles. The van der Waals surface area contributed by atoms with Gasteiger partial charge in [0.05, 0.1) is 4.90 Å². The van der Waals surface area contributed by atoms with E-state index in [0.29, 0.717) is 11.1 Å². The summed E-state index contributed by atoms with van der Waals surface area (Å²) in [6, 6.07) is 9.18. The molecule has 2 aromatic carbocycles. The highest BCUT2D eigenvalue weighted by Crippen LogP contribution is 2.31. The zero-order chi connectivity index (χ0) is 16.6. The number of primary sulfonamides is 1. The summed E-state index contributed by atoms with van der Waals surface area (Å²) in [7, 11) is -3.86. The number of hydrogen-bond donors (Lipinski definition) is 3. The normalized spacial score (nSPS) is 12.0. The molecule has 120 valence electrons. The molecule has 23 heavy (non-hydrogen) atoms. The minimum Gasteiger partial charge on any atom is -0.396 e. The van der Waals surface area contributed by atoms with Crippen molar-refractivity contribution in [2.45, 2.75) is 11.3 Å². The Labute approximate surface area is 132 Å². The van der Waals surface area contributed by atoms with Gasteiger partial charge in [-0.05, 0) is 47.9 Å². The summed E-state index contributed by atoms with van der Waals surface area (Å²) in [6.45, 7) is -0.189. The number of benzene rings is 2. The monoisotopic (exact) mass is 334 g/mol. The second kappa shape index (κ2) is 5.77. The lowest BCUT2D eigenvalue weighted by atomic mass is 10.0. The quantitative estimate of drug-likeness (QED) is 0.682. The molecule has 0 aliphatic heterocycles. The standard InChI is InChI=1S/C16H15FN2O3S/c17-12-2-3-13-14(9-19-15(13)8-12)10-1-4-16(23(18,21)22)11(7-10)5-6-20/h1-4,7-9,19-20H,5-6H2,(H2,18,21,22). The molecule has 0 bridgehead atoms. The van der Waals surface area contributed by atoms with Crippen LogP contribution in [0.5, 0.6) is 0 Å². The average molecular weight is 334 g/mol. The number of rotatable bonds is 4. The third-order valence-corrected chi connectivity index (χ3v) is 4.71. The van der Waals surface area contributed by atoms with E-state index in [0.717, 1.165) is 16.5 Å². The minimum atomic E-state index is -3.86. The molecule has 4 N–H and O–H groups in total. The number of nitrogens with one attached hydrogen (secondary N) is 1. The molecule has 1 aromatic heterocycles. The van der Waals surface area contributed by atoms with E-state index < -0.39 is 10.0 Å². The smallest absolute Gasteiger partial charge is 0.238 e. The summed E-state index contributed by atoms with van der Waals surface area (Å²) in [6.07, 6.45) is 1.91. The van der Waals surface area contributed by atoms with Crippen LogP contribution < -0.4 is 5.14 Å². The average Bonchev–Trinajstić information content (AvgIpc) is 2.89. The Morgan fingerprint density at radius 1 is 1.17 bits per heavy atom. The van der Waals surface area contributed by atoms with Crippen LogP contribution in [0.15, 0.2) is 47.5 Å². The fourth-order valence-corrected chi connectivity index (χ4v) is 3.46. The number of aromatic nitrogens is 1. The van der Waals surface area contributed by atoms with Gasteiger partial charge < -0.3 is 10.1 Å². The Balaban J connectivity index is 2.17. The molecule has 0 saturated carbocycles. The molecule has 5 nitrogen and oxygen atoms in total. The van der Waals surface area contributed by atoms with E-state index in [1.54, 1.807) is 24.4 Å². The summed E-state index contributed by atoms with van der Waals surface area (Å²) in [5.74, 6) is -0.337. The molecular weight excluding hydrogens is 319 g/mol. The lowest BCUT2D eigenvalue weighted by molar-refractivity contribution is 0.299. The van der Waals surface area contributed by atoms with Crippen molar-refractivity contribution >= 4 is 20.9 Å². The largest absolute Gasteiger partial charge is 0.396 e. The second-order valence-corrected chi connectivity index (χ2v) is 6.76. The third-order valence-electron chi connectivity index (χ3n) is 3.70. The Bertz CT molecular complexity index is 980. The van der Waals surface area contributed by atoms with Crippen LogP contribution in [0.4, 0.5) is 4.39 Å². The molecule has 3 rings (SSSR count). The zero-order valence-corrected chi connectivity index (χ0v) is 12.9. The van der Waals surface area contributed by atoms with E-state index in [9.17, 15) is 12.8 Å². The SMILES string of the molecule is NS(=O)(=O)c1ccc(-c2c[nH]c3cc(F)ccc23)cc1CCO. The summed E-state index contributed by atoms with van der Waals surface area (Å²) in [5, 5.41) is 15.2. The van der Waals surface area contributed by atoms with Crippen molar-refractivity contribution in [2.75, 3.05) is 6.61 Å². The lowest BCUT2D eigenvalue weighted by Gasteiger charge is -2.09. The number of aromatic amines is 1. The predicted octanol–water partition coefficient (Wildman–Crippen LogP) is 2.16. The van der Waals surface area contributed by atoms with Crippen molar-refractivity contribution in [1.29, 1.82) is 0 Å². The number of hydrogen-bond acceptors (Lipinski definition) is 3. The highest BCUT2D eigenvalue weighted by molar-refractivity contribution is 7.89. The van der Waals surface area contributed by atoms with E-state index in [1.165, 1.54) is 18.2 Å². The van der Waals surface area contributed by atoms with Crippen molar-refractivity contribution in [3.8, 4) is 11.1 Å². The van der Waals surface area contributed by atoms with Crippen molar-refractivity contribution in [3.63, 3.8) is 0 Å². The van der Waals surface area contributed by atoms with Gasteiger partial charge in [-0.15, -0.1) is 0 Å². The Hall–Kier alpha value is -2.22. The fraction of sp³-hybridized carbons (Fsp3) is 0.125. The van der Waals surface area contributed by atoms with Gasteiger partial charge >= 0.3 is 0 Å². The maximum atomic E-state index is 13.3. The molecule has 1 heterocycles. The molecular formula is C16H15FN2O3S. The molecule has 0 fully saturated rings. The number of aliphatic hydroxyl groups is 1. The molecule has 0 aliphatic rings. The topological polar surface area (TPSA) is 96.2 Å². The number of aliphatic hydroxyl groups excluding tert-OH is 1. The lowest BCUT2D eigenvalue weighted by Crippen LogP contribution is -2.15. The van der Waals surface area contributed by atoms with Crippen LogP contribution in [-0.4, -0.2) is 25.1 Å². The van der Waals surface area contributed by atoms with Gasteiger partial charge in [0, 0.05) is 29.3 Å². The zero-order valence-electron chi connectivity index (χ0n) is 12.1. The molecule has 3 aromatic rings. The number of fused-ring (bicyclic) bond motifs is 1. The fourth-order valence-electron chi connectivity index (χ4n) is 2.68.